The first-order valence-corrected chi connectivity index (χ1v) is 7.30. The standard InChI is InChI=1S/C13H24BrNO4/c1-12(2,3)9(10(16)17)15(8-7-14)11(18)19-13(4,5)6/h9H,7-8H2,1-6H3,(H,16,17)/t9-/m1/s1. The molecule has 5 nitrogen and oxygen atoms in total. The second-order valence-electron chi connectivity index (χ2n) is 6.47. The molecule has 112 valence electrons. The van der Waals surface area contributed by atoms with E-state index in [1.54, 1.807) is 41.5 Å². The number of halogens is 1. The number of carboxylic acid groups (broad SMARTS) is 1. The number of hydrogen-bond acceptors (Lipinski definition) is 3. The topological polar surface area (TPSA) is 66.8 Å². The van der Waals surface area contributed by atoms with E-state index in [2.05, 4.69) is 15.9 Å². The van der Waals surface area contributed by atoms with E-state index in [4.69, 9.17) is 4.74 Å². The smallest absolute Gasteiger partial charge is 0.411 e. The maximum atomic E-state index is 12.2. The Hall–Kier alpha value is -0.780. The van der Waals surface area contributed by atoms with Crippen LogP contribution < -0.4 is 0 Å². The van der Waals surface area contributed by atoms with Crippen molar-refractivity contribution in [3.05, 3.63) is 0 Å². The third-order valence-corrected chi connectivity index (χ3v) is 2.67. The molecule has 0 aliphatic rings. The van der Waals surface area contributed by atoms with Crippen LogP contribution in [0.4, 0.5) is 4.79 Å². The molecule has 0 fully saturated rings. The van der Waals surface area contributed by atoms with Crippen LogP contribution in [-0.4, -0.2) is 45.6 Å². The average molecular weight is 338 g/mol. The molecule has 19 heavy (non-hydrogen) atoms. The summed E-state index contributed by atoms with van der Waals surface area (Å²) >= 11 is 3.24. The van der Waals surface area contributed by atoms with Gasteiger partial charge in [0.1, 0.15) is 11.6 Å². The van der Waals surface area contributed by atoms with Gasteiger partial charge < -0.3 is 9.84 Å². The molecule has 0 unspecified atom stereocenters. The van der Waals surface area contributed by atoms with E-state index >= 15 is 0 Å². The summed E-state index contributed by atoms with van der Waals surface area (Å²) in [4.78, 5) is 24.9. The van der Waals surface area contributed by atoms with E-state index in [0.29, 0.717) is 5.33 Å². The van der Waals surface area contributed by atoms with Gasteiger partial charge in [0.15, 0.2) is 0 Å². The van der Waals surface area contributed by atoms with Crippen molar-refractivity contribution in [1.29, 1.82) is 0 Å². The fraction of sp³-hybridized carbons (Fsp3) is 0.846. The number of nitrogens with zero attached hydrogens (tertiary/aromatic N) is 1. The predicted octanol–water partition coefficient (Wildman–Crippen LogP) is 3.12. The van der Waals surface area contributed by atoms with Gasteiger partial charge in [-0.3, -0.25) is 4.90 Å². The van der Waals surface area contributed by atoms with Crippen LogP contribution >= 0.6 is 15.9 Å². The van der Waals surface area contributed by atoms with Gasteiger partial charge in [-0.25, -0.2) is 9.59 Å². The van der Waals surface area contributed by atoms with Crippen molar-refractivity contribution in [2.75, 3.05) is 11.9 Å². The Bertz CT molecular complexity index is 331. The number of carbonyl (C=O) groups is 2. The van der Waals surface area contributed by atoms with Crippen LogP contribution in [0.1, 0.15) is 41.5 Å². The molecule has 1 N–H and O–H groups in total. The van der Waals surface area contributed by atoms with Crippen LogP contribution in [-0.2, 0) is 9.53 Å². The monoisotopic (exact) mass is 337 g/mol. The minimum absolute atomic E-state index is 0.281. The summed E-state index contributed by atoms with van der Waals surface area (Å²) < 4.78 is 5.28. The van der Waals surface area contributed by atoms with Crippen molar-refractivity contribution in [1.82, 2.24) is 4.90 Å². The van der Waals surface area contributed by atoms with Crippen molar-refractivity contribution in [3.8, 4) is 0 Å². The van der Waals surface area contributed by atoms with Crippen LogP contribution in [0, 0.1) is 5.41 Å². The molecule has 0 spiro atoms. The van der Waals surface area contributed by atoms with Gasteiger partial charge in [0.2, 0.25) is 0 Å². The number of carbonyl (C=O) groups excluding carboxylic acids is 1. The Morgan fingerprint density at radius 3 is 1.95 bits per heavy atom. The van der Waals surface area contributed by atoms with Crippen LogP contribution in [0.5, 0.6) is 0 Å². The van der Waals surface area contributed by atoms with Crippen molar-refractivity contribution in [3.63, 3.8) is 0 Å². The number of hydrogen-bond donors (Lipinski definition) is 1. The largest absolute Gasteiger partial charge is 0.480 e. The Balaban J connectivity index is 5.27. The van der Waals surface area contributed by atoms with E-state index in [0.717, 1.165) is 0 Å². The number of carboxylic acids is 1. The highest BCUT2D eigenvalue weighted by molar-refractivity contribution is 9.09. The number of amides is 1. The molecule has 1 amide bonds. The van der Waals surface area contributed by atoms with Crippen molar-refractivity contribution >= 4 is 28.0 Å². The lowest BCUT2D eigenvalue weighted by atomic mass is 9.86. The number of rotatable bonds is 4. The van der Waals surface area contributed by atoms with Gasteiger partial charge in [0.25, 0.3) is 0 Å². The highest BCUT2D eigenvalue weighted by Gasteiger charge is 2.40. The van der Waals surface area contributed by atoms with E-state index in [-0.39, 0.29) is 6.54 Å². The fourth-order valence-corrected chi connectivity index (χ4v) is 2.09. The maximum absolute atomic E-state index is 12.2. The lowest BCUT2D eigenvalue weighted by Crippen LogP contribution is -2.53. The molecule has 0 heterocycles. The van der Waals surface area contributed by atoms with Crippen LogP contribution in [0.15, 0.2) is 0 Å². The summed E-state index contributed by atoms with van der Waals surface area (Å²) in [6.45, 7) is 10.9. The van der Waals surface area contributed by atoms with E-state index in [1.165, 1.54) is 4.90 Å². The minimum Gasteiger partial charge on any atom is -0.480 e. The van der Waals surface area contributed by atoms with Gasteiger partial charge >= 0.3 is 12.1 Å². The quantitative estimate of drug-likeness (QED) is 0.800. The number of ether oxygens (including phenoxy) is 1. The molecule has 6 heteroatoms. The first kappa shape index (κ1) is 18.2. The Morgan fingerprint density at radius 2 is 1.68 bits per heavy atom. The van der Waals surface area contributed by atoms with E-state index < -0.39 is 29.1 Å². The zero-order valence-corrected chi connectivity index (χ0v) is 14.1. The second kappa shape index (κ2) is 6.59. The molecule has 0 aromatic rings. The molecule has 0 saturated heterocycles. The minimum atomic E-state index is -1.03. The molecule has 1 atom stereocenters. The third-order valence-electron chi connectivity index (χ3n) is 2.32. The number of alkyl halides is 1. The Labute approximate surface area is 123 Å². The van der Waals surface area contributed by atoms with E-state index in [1.807, 2.05) is 0 Å². The van der Waals surface area contributed by atoms with Gasteiger partial charge in [0.05, 0.1) is 0 Å². The first-order valence-electron chi connectivity index (χ1n) is 6.18. The first-order chi connectivity index (χ1) is 8.40. The third kappa shape index (κ3) is 6.27. The molecule has 0 saturated carbocycles. The Kier molecular flexibility index (Phi) is 6.32. The molecule has 0 aliphatic carbocycles. The van der Waals surface area contributed by atoms with Gasteiger partial charge in [-0.2, -0.15) is 0 Å². The Morgan fingerprint density at radius 1 is 1.21 bits per heavy atom. The van der Waals surface area contributed by atoms with E-state index in [9.17, 15) is 14.7 Å². The predicted molar refractivity (Wildman–Crippen MR) is 77.6 cm³/mol. The normalized spacial score (nSPS) is 13.8. The van der Waals surface area contributed by atoms with Crippen LogP contribution in [0.25, 0.3) is 0 Å². The van der Waals surface area contributed by atoms with Crippen molar-refractivity contribution in [2.24, 2.45) is 5.41 Å². The van der Waals surface area contributed by atoms with Crippen LogP contribution in [0.2, 0.25) is 0 Å². The highest BCUT2D eigenvalue weighted by Crippen LogP contribution is 2.26. The highest BCUT2D eigenvalue weighted by atomic mass is 79.9. The lowest BCUT2D eigenvalue weighted by molar-refractivity contribution is -0.147. The summed E-state index contributed by atoms with van der Waals surface area (Å²) in [6.07, 6.45) is -0.603. The summed E-state index contributed by atoms with van der Waals surface area (Å²) in [5, 5.41) is 9.88. The molecular formula is C13H24BrNO4. The van der Waals surface area contributed by atoms with Crippen LogP contribution in [0.3, 0.4) is 0 Å². The zero-order chi connectivity index (χ0) is 15.4. The number of aliphatic carboxylic acids is 1. The molecule has 0 bridgehead atoms. The van der Waals surface area contributed by atoms with Gasteiger partial charge in [-0.15, -0.1) is 0 Å². The molecule has 0 rings (SSSR count). The fourth-order valence-electron chi connectivity index (χ4n) is 1.71. The summed E-state index contributed by atoms with van der Waals surface area (Å²) in [7, 11) is 0. The molecule has 0 aliphatic heterocycles. The molecular weight excluding hydrogens is 314 g/mol. The van der Waals surface area contributed by atoms with Gasteiger partial charge in [0, 0.05) is 11.9 Å². The zero-order valence-electron chi connectivity index (χ0n) is 12.5. The van der Waals surface area contributed by atoms with Crippen molar-refractivity contribution in [2.45, 2.75) is 53.2 Å². The summed E-state index contributed by atoms with van der Waals surface area (Å²) in [6, 6.07) is -0.931. The second-order valence-corrected chi connectivity index (χ2v) is 7.26. The molecule has 0 radical (unpaired) electrons. The molecule has 0 aromatic heterocycles. The van der Waals surface area contributed by atoms with Crippen molar-refractivity contribution < 1.29 is 19.4 Å². The molecule has 0 aromatic carbocycles. The van der Waals surface area contributed by atoms with Gasteiger partial charge in [-0.05, 0) is 26.2 Å². The lowest BCUT2D eigenvalue weighted by Gasteiger charge is -2.37. The summed E-state index contributed by atoms with van der Waals surface area (Å²) in [5.41, 5.74) is -1.23. The average Bonchev–Trinajstić information content (AvgIpc) is 2.11. The maximum Gasteiger partial charge on any atom is 0.411 e. The SMILES string of the molecule is CC(C)(C)OC(=O)N(CCBr)[C@H](C(=O)O)C(C)(C)C. The summed E-state index contributed by atoms with van der Waals surface area (Å²) in [5.74, 6) is -1.03. The van der Waals surface area contributed by atoms with Gasteiger partial charge in [-0.1, -0.05) is 36.7 Å².